The summed E-state index contributed by atoms with van der Waals surface area (Å²) in [6, 6.07) is 8.67. The molecule has 0 bridgehead atoms. The molecule has 3 rings (SSSR count). The van der Waals surface area contributed by atoms with Gasteiger partial charge in [-0.15, -0.1) is 24.0 Å². The molecule has 5 nitrogen and oxygen atoms in total. The summed E-state index contributed by atoms with van der Waals surface area (Å²) >= 11 is 0. The molecule has 1 aliphatic rings. The number of benzene rings is 1. The van der Waals surface area contributed by atoms with Crippen molar-refractivity contribution >= 4 is 35.6 Å². The zero-order chi connectivity index (χ0) is 16.2. The van der Waals surface area contributed by atoms with Crippen molar-refractivity contribution < 1.29 is 4.39 Å². The number of nitrogens with two attached hydrogens (primary N) is 1. The van der Waals surface area contributed by atoms with E-state index >= 15 is 0 Å². The SMILES string of the molecule is Cn1ccc(CN=C(N)N2CCN(c3ccc(F)cc3)CC2)c1.I. The molecule has 0 unspecified atom stereocenters. The van der Waals surface area contributed by atoms with Crippen LogP contribution in [0.3, 0.4) is 0 Å². The highest BCUT2D eigenvalue weighted by molar-refractivity contribution is 14.0. The van der Waals surface area contributed by atoms with Crippen molar-refractivity contribution in [3.05, 3.63) is 54.1 Å². The Bertz CT molecular complexity index is 675. The average Bonchev–Trinajstić information content (AvgIpc) is 2.99. The maximum Gasteiger partial charge on any atom is 0.191 e. The number of aromatic nitrogens is 1. The third-order valence-corrected chi connectivity index (χ3v) is 4.11. The Morgan fingerprint density at radius 3 is 2.38 bits per heavy atom. The summed E-state index contributed by atoms with van der Waals surface area (Å²) < 4.78 is 15.0. The van der Waals surface area contributed by atoms with Gasteiger partial charge in [-0.05, 0) is 35.9 Å². The van der Waals surface area contributed by atoms with Crippen LogP contribution in [0.1, 0.15) is 5.56 Å². The fraction of sp³-hybridized carbons (Fsp3) is 0.353. The van der Waals surface area contributed by atoms with Crippen LogP contribution in [-0.4, -0.2) is 41.6 Å². The molecule has 24 heavy (non-hydrogen) atoms. The van der Waals surface area contributed by atoms with Gasteiger partial charge in [-0.2, -0.15) is 0 Å². The molecule has 0 saturated carbocycles. The van der Waals surface area contributed by atoms with E-state index in [4.69, 9.17) is 5.73 Å². The van der Waals surface area contributed by atoms with E-state index in [2.05, 4.69) is 14.8 Å². The average molecular weight is 443 g/mol. The molecule has 1 saturated heterocycles. The summed E-state index contributed by atoms with van der Waals surface area (Å²) in [6.45, 7) is 3.95. The summed E-state index contributed by atoms with van der Waals surface area (Å²) in [5, 5.41) is 0. The van der Waals surface area contributed by atoms with E-state index in [-0.39, 0.29) is 29.8 Å². The minimum atomic E-state index is -0.204. The molecular weight excluding hydrogens is 420 g/mol. The summed E-state index contributed by atoms with van der Waals surface area (Å²) in [5.74, 6) is 0.386. The smallest absolute Gasteiger partial charge is 0.191 e. The Kier molecular flexibility index (Phi) is 6.47. The van der Waals surface area contributed by atoms with Gasteiger partial charge in [0.15, 0.2) is 5.96 Å². The van der Waals surface area contributed by atoms with Crippen molar-refractivity contribution in [1.29, 1.82) is 0 Å². The molecule has 2 N–H and O–H groups in total. The number of rotatable bonds is 3. The first-order valence-electron chi connectivity index (χ1n) is 7.78. The largest absolute Gasteiger partial charge is 0.370 e. The van der Waals surface area contributed by atoms with Gasteiger partial charge in [0.25, 0.3) is 0 Å². The molecule has 1 aromatic carbocycles. The number of hydrogen-bond acceptors (Lipinski definition) is 2. The zero-order valence-electron chi connectivity index (χ0n) is 13.7. The van der Waals surface area contributed by atoms with Gasteiger partial charge in [0, 0.05) is 51.3 Å². The van der Waals surface area contributed by atoms with Crippen molar-refractivity contribution in [1.82, 2.24) is 9.47 Å². The van der Waals surface area contributed by atoms with E-state index in [1.165, 1.54) is 12.1 Å². The van der Waals surface area contributed by atoms with E-state index in [1.807, 2.05) is 42.2 Å². The zero-order valence-corrected chi connectivity index (χ0v) is 16.1. The number of halogens is 2. The van der Waals surface area contributed by atoms with Gasteiger partial charge in [0.2, 0.25) is 0 Å². The summed E-state index contributed by atoms with van der Waals surface area (Å²) in [6.07, 6.45) is 4.05. The van der Waals surface area contributed by atoms with Crippen molar-refractivity contribution in [2.45, 2.75) is 6.54 Å². The van der Waals surface area contributed by atoms with Crippen LogP contribution in [0, 0.1) is 5.82 Å². The van der Waals surface area contributed by atoms with Gasteiger partial charge in [-0.25, -0.2) is 9.38 Å². The fourth-order valence-corrected chi connectivity index (χ4v) is 2.77. The molecule has 0 spiro atoms. The molecule has 1 aromatic heterocycles. The second-order valence-electron chi connectivity index (χ2n) is 5.81. The maximum atomic E-state index is 13.0. The molecule has 7 heteroatoms. The number of aryl methyl sites for hydroxylation is 1. The number of anilines is 1. The number of nitrogens with zero attached hydrogens (tertiary/aromatic N) is 4. The first-order valence-corrected chi connectivity index (χ1v) is 7.78. The molecule has 1 fully saturated rings. The van der Waals surface area contributed by atoms with Gasteiger partial charge in [0.1, 0.15) is 5.82 Å². The standard InChI is InChI=1S/C17H22FN5.HI/c1-21-7-6-14(13-21)12-20-17(19)23-10-8-22(9-11-23)16-4-2-15(18)3-5-16;/h2-7,13H,8-12H2,1H3,(H2,19,20);1H. The maximum absolute atomic E-state index is 13.0. The quantitative estimate of drug-likeness (QED) is 0.451. The summed E-state index contributed by atoms with van der Waals surface area (Å²) in [5.41, 5.74) is 8.31. The Morgan fingerprint density at radius 1 is 1.12 bits per heavy atom. The highest BCUT2D eigenvalue weighted by Gasteiger charge is 2.18. The summed E-state index contributed by atoms with van der Waals surface area (Å²) in [4.78, 5) is 8.82. The van der Waals surface area contributed by atoms with E-state index < -0.39 is 0 Å². The number of guanidine groups is 1. The van der Waals surface area contributed by atoms with Crippen LogP contribution in [0.4, 0.5) is 10.1 Å². The minimum Gasteiger partial charge on any atom is -0.370 e. The van der Waals surface area contributed by atoms with Gasteiger partial charge < -0.3 is 20.1 Å². The van der Waals surface area contributed by atoms with E-state index in [1.54, 1.807) is 0 Å². The highest BCUT2D eigenvalue weighted by Crippen LogP contribution is 2.16. The number of hydrogen-bond donors (Lipinski definition) is 1. The third kappa shape index (κ3) is 4.62. The third-order valence-electron chi connectivity index (χ3n) is 4.11. The molecule has 1 aliphatic heterocycles. The van der Waals surface area contributed by atoms with Crippen LogP contribution in [0.25, 0.3) is 0 Å². The first kappa shape index (κ1) is 18.6. The Morgan fingerprint density at radius 2 is 1.79 bits per heavy atom. The van der Waals surface area contributed by atoms with E-state index in [9.17, 15) is 4.39 Å². The lowest BCUT2D eigenvalue weighted by Crippen LogP contribution is -2.51. The van der Waals surface area contributed by atoms with Crippen LogP contribution < -0.4 is 10.6 Å². The first-order chi connectivity index (χ1) is 11.1. The van der Waals surface area contributed by atoms with Gasteiger partial charge in [0.05, 0.1) is 6.54 Å². The molecule has 2 aromatic rings. The topological polar surface area (TPSA) is 49.8 Å². The van der Waals surface area contributed by atoms with Gasteiger partial charge >= 0.3 is 0 Å². The molecule has 2 heterocycles. The summed E-state index contributed by atoms with van der Waals surface area (Å²) in [7, 11) is 1.99. The van der Waals surface area contributed by atoms with Crippen LogP contribution >= 0.6 is 24.0 Å². The van der Waals surface area contributed by atoms with Crippen molar-refractivity contribution in [2.24, 2.45) is 17.8 Å². The number of aliphatic imine (C=N–C) groups is 1. The molecule has 130 valence electrons. The lowest BCUT2D eigenvalue weighted by molar-refractivity contribution is 0.380. The molecule has 0 atom stereocenters. The Hall–Kier alpha value is -1.77. The predicted octanol–water partition coefficient (Wildman–Crippen LogP) is 2.42. The van der Waals surface area contributed by atoms with E-state index in [0.29, 0.717) is 12.5 Å². The molecular formula is C17H23FIN5. The highest BCUT2D eigenvalue weighted by atomic mass is 127. The van der Waals surface area contributed by atoms with Crippen molar-refractivity contribution in [3.63, 3.8) is 0 Å². The van der Waals surface area contributed by atoms with Crippen LogP contribution in [0.2, 0.25) is 0 Å². The normalized spacial score (nSPS) is 15.3. The Labute approximate surface area is 159 Å². The molecule has 0 aliphatic carbocycles. The van der Waals surface area contributed by atoms with E-state index in [0.717, 1.165) is 37.4 Å². The van der Waals surface area contributed by atoms with Crippen molar-refractivity contribution in [3.8, 4) is 0 Å². The monoisotopic (exact) mass is 443 g/mol. The van der Waals surface area contributed by atoms with Crippen LogP contribution in [0.5, 0.6) is 0 Å². The van der Waals surface area contributed by atoms with Crippen LogP contribution in [-0.2, 0) is 13.6 Å². The lowest BCUT2D eigenvalue weighted by Gasteiger charge is -2.36. The second kappa shape index (κ2) is 8.36. The molecule has 0 radical (unpaired) electrons. The predicted molar refractivity (Wildman–Crippen MR) is 106 cm³/mol. The minimum absolute atomic E-state index is 0. The van der Waals surface area contributed by atoms with Crippen LogP contribution in [0.15, 0.2) is 47.7 Å². The molecule has 0 amide bonds. The van der Waals surface area contributed by atoms with Gasteiger partial charge in [-0.3, -0.25) is 0 Å². The van der Waals surface area contributed by atoms with Crippen molar-refractivity contribution in [2.75, 3.05) is 31.1 Å². The second-order valence-corrected chi connectivity index (χ2v) is 5.81. The number of piperazine rings is 1. The Balaban J connectivity index is 0.00000208. The lowest BCUT2D eigenvalue weighted by atomic mass is 10.2. The fourth-order valence-electron chi connectivity index (χ4n) is 2.77. The van der Waals surface area contributed by atoms with Gasteiger partial charge in [-0.1, -0.05) is 0 Å².